The molecule has 0 saturated heterocycles. The number of pyridine rings is 1. The third-order valence-electron chi connectivity index (χ3n) is 5.17. The summed E-state index contributed by atoms with van der Waals surface area (Å²) in [6.45, 7) is 1.49. The van der Waals surface area contributed by atoms with Crippen LogP contribution in [0.15, 0.2) is 78.9 Å². The predicted octanol–water partition coefficient (Wildman–Crippen LogP) is 5.71. The quantitative estimate of drug-likeness (QED) is 0.367. The number of H-pyrrole nitrogens is 1. The van der Waals surface area contributed by atoms with E-state index in [2.05, 4.69) is 10.3 Å². The van der Waals surface area contributed by atoms with Gasteiger partial charge in [-0.25, -0.2) is 4.98 Å². The molecule has 5 nitrogen and oxygen atoms in total. The second-order valence-electron chi connectivity index (χ2n) is 7.26. The number of carbonyl (C=O) groups is 1. The largest absolute Gasteiger partial charge is 0.494 e. The van der Waals surface area contributed by atoms with Gasteiger partial charge in [0.1, 0.15) is 0 Å². The molecule has 0 aliphatic rings. The van der Waals surface area contributed by atoms with E-state index in [-0.39, 0.29) is 11.8 Å². The zero-order valence-electron chi connectivity index (χ0n) is 16.3. The number of nitrogens with zero attached hydrogens (tertiary/aromatic N) is 1. The molecule has 0 aliphatic heterocycles. The van der Waals surface area contributed by atoms with E-state index in [0.717, 1.165) is 44.3 Å². The van der Waals surface area contributed by atoms with Crippen LogP contribution in [0.2, 0.25) is 0 Å². The van der Waals surface area contributed by atoms with E-state index >= 15 is 0 Å². The molecule has 146 valence electrons. The van der Waals surface area contributed by atoms with E-state index in [0.29, 0.717) is 5.56 Å². The number of para-hydroxylation sites is 1. The molecular formula is C25H19N3O2. The van der Waals surface area contributed by atoms with Crippen LogP contribution in [0.5, 0.6) is 5.88 Å². The van der Waals surface area contributed by atoms with Crippen LogP contribution in [-0.2, 0) is 4.79 Å². The molecular weight excluding hydrogens is 374 g/mol. The fourth-order valence-corrected chi connectivity index (χ4v) is 3.77. The maximum Gasteiger partial charge on any atom is 0.221 e. The van der Waals surface area contributed by atoms with Gasteiger partial charge in [0.2, 0.25) is 5.91 Å². The molecule has 0 spiro atoms. The number of rotatable bonds is 3. The summed E-state index contributed by atoms with van der Waals surface area (Å²) >= 11 is 0. The van der Waals surface area contributed by atoms with E-state index < -0.39 is 0 Å². The zero-order chi connectivity index (χ0) is 20.7. The van der Waals surface area contributed by atoms with Gasteiger partial charge in [0, 0.05) is 28.9 Å². The standard InChI is InChI=1S/C25H19N3O2/c1-15(29)26-19-10-6-16(7-11-19)18-9-12-22-20(14-18)24(25(30)28-22)23-13-8-17-4-2-3-5-21(17)27-23/h2-14,28,30H,1H3,(H,26,29). The van der Waals surface area contributed by atoms with Gasteiger partial charge >= 0.3 is 0 Å². The highest BCUT2D eigenvalue weighted by Crippen LogP contribution is 2.38. The molecule has 5 heteroatoms. The van der Waals surface area contributed by atoms with Crippen LogP contribution in [-0.4, -0.2) is 21.0 Å². The van der Waals surface area contributed by atoms with Crippen LogP contribution in [0, 0.1) is 0 Å². The summed E-state index contributed by atoms with van der Waals surface area (Å²) < 4.78 is 0. The maximum absolute atomic E-state index is 11.2. The van der Waals surface area contributed by atoms with E-state index in [9.17, 15) is 9.90 Å². The Hall–Kier alpha value is -4.12. The van der Waals surface area contributed by atoms with Crippen LogP contribution in [0.3, 0.4) is 0 Å². The van der Waals surface area contributed by atoms with Crippen molar-refractivity contribution in [1.29, 1.82) is 0 Å². The van der Waals surface area contributed by atoms with Crippen molar-refractivity contribution in [2.75, 3.05) is 5.32 Å². The second-order valence-corrected chi connectivity index (χ2v) is 7.26. The first-order chi connectivity index (χ1) is 14.6. The van der Waals surface area contributed by atoms with Crippen molar-refractivity contribution >= 4 is 33.4 Å². The molecule has 3 N–H and O–H groups in total. The molecule has 1 amide bonds. The molecule has 0 unspecified atom stereocenters. The van der Waals surface area contributed by atoms with E-state index in [1.54, 1.807) is 0 Å². The first-order valence-corrected chi connectivity index (χ1v) is 9.67. The summed E-state index contributed by atoms with van der Waals surface area (Å²) in [5, 5.41) is 15.3. The smallest absolute Gasteiger partial charge is 0.221 e. The summed E-state index contributed by atoms with van der Waals surface area (Å²) in [7, 11) is 0. The molecule has 0 aliphatic carbocycles. The maximum atomic E-state index is 11.2. The molecule has 0 bridgehead atoms. The minimum Gasteiger partial charge on any atom is -0.494 e. The molecule has 3 aromatic carbocycles. The van der Waals surface area contributed by atoms with Crippen LogP contribution in [0.25, 0.3) is 44.2 Å². The molecule has 30 heavy (non-hydrogen) atoms. The first-order valence-electron chi connectivity index (χ1n) is 9.67. The van der Waals surface area contributed by atoms with Crippen LogP contribution in [0.4, 0.5) is 5.69 Å². The number of aromatic nitrogens is 2. The Morgan fingerprint density at radius 2 is 1.70 bits per heavy atom. The first kappa shape index (κ1) is 17.9. The number of aromatic amines is 1. The monoisotopic (exact) mass is 393 g/mol. The molecule has 0 atom stereocenters. The van der Waals surface area contributed by atoms with Crippen LogP contribution < -0.4 is 5.32 Å². The van der Waals surface area contributed by atoms with Crippen molar-refractivity contribution in [1.82, 2.24) is 9.97 Å². The summed E-state index contributed by atoms with van der Waals surface area (Å²) in [5.74, 6) is 0.00503. The Labute approximate surface area is 173 Å². The molecule has 0 radical (unpaired) electrons. The van der Waals surface area contributed by atoms with E-state index in [1.807, 2.05) is 78.9 Å². The lowest BCUT2D eigenvalue weighted by Gasteiger charge is -2.07. The molecule has 2 aromatic heterocycles. The molecule has 5 rings (SSSR count). The average molecular weight is 393 g/mol. The topological polar surface area (TPSA) is 78.0 Å². The van der Waals surface area contributed by atoms with Crippen molar-refractivity contribution in [2.24, 2.45) is 0 Å². The third kappa shape index (κ3) is 3.16. The molecule has 5 aromatic rings. The van der Waals surface area contributed by atoms with Crippen molar-refractivity contribution in [2.45, 2.75) is 6.92 Å². The number of anilines is 1. The van der Waals surface area contributed by atoms with Crippen LogP contribution >= 0.6 is 0 Å². The number of fused-ring (bicyclic) bond motifs is 2. The Kier molecular flexibility index (Phi) is 4.21. The van der Waals surface area contributed by atoms with Gasteiger partial charge in [-0.2, -0.15) is 0 Å². The highest BCUT2D eigenvalue weighted by atomic mass is 16.3. The molecule has 0 fully saturated rings. The number of carbonyl (C=O) groups excluding carboxylic acids is 1. The summed E-state index contributed by atoms with van der Waals surface area (Å²) in [5.41, 5.74) is 5.92. The highest BCUT2D eigenvalue weighted by molar-refractivity contribution is 6.01. The van der Waals surface area contributed by atoms with Crippen molar-refractivity contribution in [3.8, 4) is 28.3 Å². The number of nitrogens with one attached hydrogen (secondary N) is 2. The Balaban J connectivity index is 1.61. The zero-order valence-corrected chi connectivity index (χ0v) is 16.3. The van der Waals surface area contributed by atoms with E-state index in [4.69, 9.17) is 4.98 Å². The summed E-state index contributed by atoms with van der Waals surface area (Å²) in [6, 6.07) is 25.6. The van der Waals surface area contributed by atoms with Gasteiger partial charge in [0.15, 0.2) is 5.88 Å². The number of benzene rings is 3. The predicted molar refractivity (Wildman–Crippen MR) is 120 cm³/mol. The lowest BCUT2D eigenvalue weighted by Crippen LogP contribution is -2.05. The average Bonchev–Trinajstić information content (AvgIpc) is 3.08. The minimum absolute atomic E-state index is 0.0977. The van der Waals surface area contributed by atoms with Gasteiger partial charge in [-0.3, -0.25) is 4.79 Å². The molecule has 0 saturated carbocycles. The van der Waals surface area contributed by atoms with Gasteiger partial charge in [0.25, 0.3) is 0 Å². The fraction of sp³-hybridized carbons (Fsp3) is 0.0400. The third-order valence-corrected chi connectivity index (χ3v) is 5.17. The van der Waals surface area contributed by atoms with Crippen molar-refractivity contribution in [3.05, 3.63) is 78.9 Å². The summed E-state index contributed by atoms with van der Waals surface area (Å²) in [6.07, 6.45) is 0. The lowest BCUT2D eigenvalue weighted by molar-refractivity contribution is -0.114. The summed E-state index contributed by atoms with van der Waals surface area (Å²) in [4.78, 5) is 19.0. The Morgan fingerprint density at radius 3 is 2.50 bits per heavy atom. The normalized spacial score (nSPS) is 11.1. The number of hydrogen-bond donors (Lipinski definition) is 3. The van der Waals surface area contributed by atoms with Gasteiger partial charge in [-0.15, -0.1) is 0 Å². The van der Waals surface area contributed by atoms with Crippen molar-refractivity contribution in [3.63, 3.8) is 0 Å². The number of hydrogen-bond acceptors (Lipinski definition) is 3. The Bertz CT molecular complexity index is 1400. The second kappa shape index (κ2) is 7.04. The highest BCUT2D eigenvalue weighted by Gasteiger charge is 2.15. The SMILES string of the molecule is CC(=O)Nc1ccc(-c2ccc3[nH]c(O)c(-c4ccc5ccccc5n4)c3c2)cc1. The number of aromatic hydroxyl groups is 1. The van der Waals surface area contributed by atoms with Gasteiger partial charge < -0.3 is 15.4 Å². The van der Waals surface area contributed by atoms with Gasteiger partial charge in [-0.05, 0) is 47.5 Å². The lowest BCUT2D eigenvalue weighted by atomic mass is 10.0. The van der Waals surface area contributed by atoms with Gasteiger partial charge in [-0.1, -0.05) is 42.5 Å². The Morgan fingerprint density at radius 1 is 0.933 bits per heavy atom. The molecule has 2 heterocycles. The van der Waals surface area contributed by atoms with Crippen LogP contribution in [0.1, 0.15) is 6.92 Å². The van der Waals surface area contributed by atoms with Gasteiger partial charge in [0.05, 0.1) is 16.8 Å². The van der Waals surface area contributed by atoms with E-state index in [1.165, 1.54) is 6.92 Å². The minimum atomic E-state index is -0.0977. The number of amides is 1. The fourth-order valence-electron chi connectivity index (χ4n) is 3.77. The van der Waals surface area contributed by atoms with Crippen molar-refractivity contribution < 1.29 is 9.90 Å².